The van der Waals surface area contributed by atoms with E-state index in [1.165, 1.54) is 17.1 Å². The first-order chi connectivity index (χ1) is 9.08. The molecule has 0 aliphatic carbocycles. The van der Waals surface area contributed by atoms with Crippen molar-refractivity contribution in [3.63, 3.8) is 0 Å². The first-order valence-electron chi connectivity index (χ1n) is 5.90. The highest BCUT2D eigenvalue weighted by Gasteiger charge is 2.10. The van der Waals surface area contributed by atoms with Gasteiger partial charge in [0.2, 0.25) is 0 Å². The molecule has 6 heteroatoms. The highest BCUT2D eigenvalue weighted by Crippen LogP contribution is 2.20. The molecular formula is C13H16N4OS. The molecule has 1 amide bonds. The molecule has 2 rings (SSSR count). The largest absolute Gasteiger partial charge is 0.377 e. The summed E-state index contributed by atoms with van der Waals surface area (Å²) < 4.78 is 3.68. The van der Waals surface area contributed by atoms with Crippen LogP contribution in [0.1, 0.15) is 21.6 Å². The number of anilines is 1. The third-order valence-corrected chi connectivity index (χ3v) is 3.26. The lowest BCUT2D eigenvalue weighted by atomic mass is 10.1. The van der Waals surface area contributed by atoms with Crippen molar-refractivity contribution in [2.75, 3.05) is 19.0 Å². The molecule has 0 saturated heterocycles. The molecule has 5 nitrogen and oxygen atoms in total. The Morgan fingerprint density at radius 3 is 2.84 bits per heavy atom. The number of aromatic nitrogens is 2. The Bertz CT molecular complexity index is 566. The van der Waals surface area contributed by atoms with E-state index in [4.69, 9.17) is 0 Å². The van der Waals surface area contributed by atoms with Gasteiger partial charge in [-0.1, -0.05) is 16.6 Å². The van der Waals surface area contributed by atoms with Crippen LogP contribution < -0.4 is 10.2 Å². The third kappa shape index (κ3) is 3.29. The van der Waals surface area contributed by atoms with E-state index in [9.17, 15) is 4.79 Å². The Kier molecular flexibility index (Phi) is 4.11. The average molecular weight is 276 g/mol. The summed E-state index contributed by atoms with van der Waals surface area (Å²) >= 11 is 1.17. The van der Waals surface area contributed by atoms with E-state index < -0.39 is 0 Å². The molecular weight excluding hydrogens is 260 g/mol. The molecule has 100 valence electrons. The number of rotatable bonds is 4. The molecule has 0 saturated carbocycles. The van der Waals surface area contributed by atoms with Crippen molar-refractivity contribution < 1.29 is 4.79 Å². The van der Waals surface area contributed by atoms with E-state index in [1.807, 2.05) is 31.1 Å². The molecule has 0 atom stereocenters. The maximum Gasteiger partial charge on any atom is 0.273 e. The first-order valence-corrected chi connectivity index (χ1v) is 6.73. The van der Waals surface area contributed by atoms with Gasteiger partial charge >= 0.3 is 0 Å². The summed E-state index contributed by atoms with van der Waals surface area (Å²) in [7, 11) is 3.98. The van der Waals surface area contributed by atoms with E-state index in [1.54, 1.807) is 5.38 Å². The normalized spacial score (nSPS) is 10.3. The van der Waals surface area contributed by atoms with Gasteiger partial charge < -0.3 is 10.2 Å². The minimum Gasteiger partial charge on any atom is -0.377 e. The zero-order valence-corrected chi connectivity index (χ0v) is 12.0. The van der Waals surface area contributed by atoms with Crippen LogP contribution >= 0.6 is 11.5 Å². The quantitative estimate of drug-likeness (QED) is 0.925. The Morgan fingerprint density at radius 1 is 1.42 bits per heavy atom. The van der Waals surface area contributed by atoms with E-state index in [0.29, 0.717) is 12.2 Å². The van der Waals surface area contributed by atoms with Crippen LogP contribution in [-0.4, -0.2) is 29.6 Å². The van der Waals surface area contributed by atoms with Crippen molar-refractivity contribution in [3.8, 4) is 0 Å². The van der Waals surface area contributed by atoms with Gasteiger partial charge in [0.15, 0.2) is 5.69 Å². The molecule has 0 aliphatic rings. The summed E-state index contributed by atoms with van der Waals surface area (Å²) in [6, 6.07) is 6.18. The number of carbonyl (C=O) groups is 1. The van der Waals surface area contributed by atoms with Crippen molar-refractivity contribution in [3.05, 3.63) is 40.4 Å². The Balaban J connectivity index is 2.09. The Hall–Kier alpha value is -1.95. The maximum absolute atomic E-state index is 11.8. The summed E-state index contributed by atoms with van der Waals surface area (Å²) in [4.78, 5) is 13.8. The van der Waals surface area contributed by atoms with Gasteiger partial charge in [0.1, 0.15) is 0 Å². The van der Waals surface area contributed by atoms with E-state index in [2.05, 4.69) is 27.9 Å². The number of amides is 1. The summed E-state index contributed by atoms with van der Waals surface area (Å²) in [5.41, 5.74) is 3.75. The minimum atomic E-state index is -0.195. The molecule has 0 spiro atoms. The number of benzene rings is 1. The highest BCUT2D eigenvalue weighted by molar-refractivity contribution is 7.03. The van der Waals surface area contributed by atoms with Crippen molar-refractivity contribution in [2.45, 2.75) is 13.5 Å². The number of carbonyl (C=O) groups excluding carboxylic acids is 1. The predicted octanol–water partition coefficient (Wildman–Crippen LogP) is 1.84. The molecule has 0 fully saturated rings. The van der Waals surface area contributed by atoms with Gasteiger partial charge in [-0.3, -0.25) is 4.79 Å². The van der Waals surface area contributed by atoms with Crippen LogP contribution in [-0.2, 0) is 6.54 Å². The van der Waals surface area contributed by atoms with E-state index >= 15 is 0 Å². The van der Waals surface area contributed by atoms with Crippen LogP contribution in [0.2, 0.25) is 0 Å². The van der Waals surface area contributed by atoms with Crippen molar-refractivity contribution in [1.82, 2.24) is 14.9 Å². The molecule has 19 heavy (non-hydrogen) atoms. The zero-order chi connectivity index (χ0) is 13.8. The molecule has 0 radical (unpaired) electrons. The van der Waals surface area contributed by atoms with Gasteiger partial charge in [0.25, 0.3) is 5.91 Å². The van der Waals surface area contributed by atoms with E-state index in [0.717, 1.165) is 11.3 Å². The molecule has 1 aromatic heterocycles. The lowest BCUT2D eigenvalue weighted by molar-refractivity contribution is 0.0946. The number of nitrogens with zero attached hydrogens (tertiary/aromatic N) is 3. The molecule has 0 bridgehead atoms. The molecule has 1 heterocycles. The highest BCUT2D eigenvalue weighted by atomic mass is 32.1. The van der Waals surface area contributed by atoms with Crippen LogP contribution in [0.5, 0.6) is 0 Å². The monoisotopic (exact) mass is 276 g/mol. The topological polar surface area (TPSA) is 58.1 Å². The fourth-order valence-electron chi connectivity index (χ4n) is 1.77. The second-order valence-corrected chi connectivity index (χ2v) is 5.11. The van der Waals surface area contributed by atoms with Crippen LogP contribution in [0.4, 0.5) is 5.69 Å². The zero-order valence-electron chi connectivity index (χ0n) is 11.2. The maximum atomic E-state index is 11.8. The van der Waals surface area contributed by atoms with E-state index in [-0.39, 0.29) is 5.91 Å². The van der Waals surface area contributed by atoms with Crippen LogP contribution in [0.3, 0.4) is 0 Å². The number of aryl methyl sites for hydroxylation is 1. The second kappa shape index (κ2) is 5.79. The summed E-state index contributed by atoms with van der Waals surface area (Å²) in [6.07, 6.45) is 0. The standard InChI is InChI=1S/C13H16N4OS/c1-9-4-5-10(12(6-9)17(2)3)7-14-13(18)11-8-19-16-15-11/h4-6,8H,7H2,1-3H3,(H,14,18). The number of hydrogen-bond acceptors (Lipinski definition) is 5. The van der Waals surface area contributed by atoms with Gasteiger partial charge in [-0.15, -0.1) is 5.10 Å². The Labute approximate surface area is 116 Å². The third-order valence-electron chi connectivity index (χ3n) is 2.75. The molecule has 1 aromatic carbocycles. The average Bonchev–Trinajstić information content (AvgIpc) is 2.90. The fraction of sp³-hybridized carbons (Fsp3) is 0.308. The molecule has 0 aliphatic heterocycles. The summed E-state index contributed by atoms with van der Waals surface area (Å²) in [5, 5.41) is 8.24. The van der Waals surface area contributed by atoms with Crippen LogP contribution in [0.15, 0.2) is 23.6 Å². The fourth-order valence-corrected chi connectivity index (χ4v) is 2.21. The van der Waals surface area contributed by atoms with Gasteiger partial charge in [-0.2, -0.15) is 0 Å². The van der Waals surface area contributed by atoms with Gasteiger partial charge in [-0.05, 0) is 35.6 Å². The Morgan fingerprint density at radius 2 is 2.21 bits per heavy atom. The lowest BCUT2D eigenvalue weighted by Gasteiger charge is -2.18. The molecule has 0 unspecified atom stereocenters. The van der Waals surface area contributed by atoms with Gasteiger partial charge in [-0.25, -0.2) is 0 Å². The van der Waals surface area contributed by atoms with Crippen LogP contribution in [0.25, 0.3) is 0 Å². The van der Waals surface area contributed by atoms with Crippen molar-refractivity contribution >= 4 is 23.1 Å². The second-order valence-electron chi connectivity index (χ2n) is 4.50. The summed E-state index contributed by atoms with van der Waals surface area (Å²) in [5.74, 6) is -0.195. The minimum absolute atomic E-state index is 0.195. The van der Waals surface area contributed by atoms with Crippen molar-refractivity contribution in [1.29, 1.82) is 0 Å². The lowest BCUT2D eigenvalue weighted by Crippen LogP contribution is -2.24. The SMILES string of the molecule is Cc1ccc(CNC(=O)c2csnn2)c(N(C)C)c1. The number of nitrogens with one attached hydrogen (secondary N) is 1. The molecule has 2 aromatic rings. The smallest absolute Gasteiger partial charge is 0.273 e. The van der Waals surface area contributed by atoms with Crippen molar-refractivity contribution in [2.24, 2.45) is 0 Å². The summed E-state index contributed by atoms with van der Waals surface area (Å²) in [6.45, 7) is 2.53. The van der Waals surface area contributed by atoms with Gasteiger partial charge in [0.05, 0.1) is 0 Å². The predicted molar refractivity (Wildman–Crippen MR) is 76.6 cm³/mol. The molecule has 1 N–H and O–H groups in total. The van der Waals surface area contributed by atoms with Crippen LogP contribution in [0, 0.1) is 6.92 Å². The first kappa shape index (κ1) is 13.5. The number of hydrogen-bond donors (Lipinski definition) is 1. The van der Waals surface area contributed by atoms with Gasteiger partial charge in [0, 0.05) is 31.7 Å².